The van der Waals surface area contributed by atoms with Crippen LogP contribution in [0.1, 0.15) is 12.1 Å². The molecule has 0 spiro atoms. The van der Waals surface area contributed by atoms with Crippen LogP contribution in [0.25, 0.3) is 0 Å². The fraction of sp³-hybridized carbons (Fsp3) is 0.615. The van der Waals surface area contributed by atoms with Crippen LogP contribution in [0, 0.1) is 0 Å². The zero-order valence-electron chi connectivity index (χ0n) is 12.9. The van der Waals surface area contributed by atoms with E-state index in [1.165, 1.54) is 6.33 Å². The number of rotatable bonds is 8. The van der Waals surface area contributed by atoms with Gasteiger partial charge in [0.05, 0.1) is 27.5 Å². The van der Waals surface area contributed by atoms with E-state index in [4.69, 9.17) is 10.5 Å². The minimum atomic E-state index is -1.26. The van der Waals surface area contributed by atoms with Gasteiger partial charge in [0, 0.05) is 30.7 Å². The van der Waals surface area contributed by atoms with Gasteiger partial charge < -0.3 is 29.8 Å². The molecule has 0 aromatic carbocycles. The number of hydrogen-bond donors (Lipinski definition) is 2. The SMILES string of the molecule is C[N+](C)(C)C[C@@H](CC(=O)[O-])OC(=O)[C@@H](N)Cc1cnc[nH]1.Cl. The van der Waals surface area contributed by atoms with Gasteiger partial charge >= 0.3 is 5.97 Å². The molecule has 0 fully saturated rings. The van der Waals surface area contributed by atoms with Crippen molar-refractivity contribution in [3.05, 3.63) is 18.2 Å². The fourth-order valence-electron chi connectivity index (χ4n) is 1.91. The third-order valence-corrected chi connectivity index (χ3v) is 2.73. The first-order valence-corrected chi connectivity index (χ1v) is 6.61. The molecule has 3 N–H and O–H groups in total. The Hall–Kier alpha value is -1.64. The highest BCUT2D eigenvalue weighted by molar-refractivity contribution is 5.85. The molecule has 0 aliphatic rings. The molecule has 0 aliphatic carbocycles. The van der Waals surface area contributed by atoms with E-state index in [1.54, 1.807) is 6.20 Å². The lowest BCUT2D eigenvalue weighted by Gasteiger charge is -2.29. The zero-order chi connectivity index (χ0) is 16.0. The van der Waals surface area contributed by atoms with Crippen molar-refractivity contribution in [3.63, 3.8) is 0 Å². The van der Waals surface area contributed by atoms with Crippen LogP contribution in [0.15, 0.2) is 12.5 Å². The van der Waals surface area contributed by atoms with Crippen molar-refractivity contribution in [3.8, 4) is 0 Å². The third kappa shape index (κ3) is 7.96. The molecule has 0 saturated carbocycles. The van der Waals surface area contributed by atoms with Gasteiger partial charge in [0.25, 0.3) is 0 Å². The Morgan fingerprint density at radius 3 is 2.55 bits per heavy atom. The quantitative estimate of drug-likeness (QED) is 0.439. The van der Waals surface area contributed by atoms with Crippen LogP contribution in [0.5, 0.6) is 0 Å². The summed E-state index contributed by atoms with van der Waals surface area (Å²) in [6.07, 6.45) is 2.19. The first-order valence-electron chi connectivity index (χ1n) is 6.61. The van der Waals surface area contributed by atoms with E-state index < -0.39 is 24.1 Å². The van der Waals surface area contributed by atoms with Gasteiger partial charge in [-0.25, -0.2) is 4.98 Å². The van der Waals surface area contributed by atoms with Crippen molar-refractivity contribution in [2.75, 3.05) is 27.7 Å². The number of imidazole rings is 1. The van der Waals surface area contributed by atoms with Gasteiger partial charge in [0.1, 0.15) is 12.6 Å². The van der Waals surface area contributed by atoms with Gasteiger partial charge in [-0.1, -0.05) is 0 Å². The smallest absolute Gasteiger partial charge is 0.323 e. The maximum absolute atomic E-state index is 11.9. The van der Waals surface area contributed by atoms with Crippen LogP contribution in [0.4, 0.5) is 0 Å². The largest absolute Gasteiger partial charge is 0.550 e. The predicted molar refractivity (Wildman–Crippen MR) is 79.9 cm³/mol. The lowest BCUT2D eigenvalue weighted by Crippen LogP contribution is -2.47. The number of hydrogen-bond acceptors (Lipinski definition) is 6. The third-order valence-electron chi connectivity index (χ3n) is 2.73. The van der Waals surface area contributed by atoms with Gasteiger partial charge in [0.2, 0.25) is 0 Å². The first kappa shape index (κ1) is 20.4. The summed E-state index contributed by atoms with van der Waals surface area (Å²) in [5.74, 6) is -1.90. The van der Waals surface area contributed by atoms with Crippen molar-refractivity contribution >= 4 is 24.3 Å². The molecule has 1 aromatic rings. The van der Waals surface area contributed by atoms with Gasteiger partial charge in [-0.15, -0.1) is 12.4 Å². The molecule has 0 bridgehead atoms. The van der Waals surface area contributed by atoms with Gasteiger partial charge in [-0.2, -0.15) is 0 Å². The predicted octanol–water partition coefficient (Wildman–Crippen LogP) is -1.54. The number of carboxylic acid groups (broad SMARTS) is 1. The molecular formula is C13H23ClN4O4. The molecule has 9 heteroatoms. The number of nitrogens with two attached hydrogens (primary N) is 1. The topological polar surface area (TPSA) is 121 Å². The standard InChI is InChI=1S/C13H22N4O4.ClH/c1-17(2,3)7-10(5-12(18)19)21-13(20)11(14)4-9-6-15-8-16-9;/h6,8,10-11H,4-5,7,14H2,1-3H3,(H-,15,16,18,19);1H/t10-,11+;/m1./s1. The molecule has 1 rings (SSSR count). The van der Waals surface area contributed by atoms with Crippen LogP contribution >= 0.6 is 12.4 Å². The van der Waals surface area contributed by atoms with E-state index in [1.807, 2.05) is 21.1 Å². The summed E-state index contributed by atoms with van der Waals surface area (Å²) in [6.45, 7) is 0.358. The zero-order valence-corrected chi connectivity index (χ0v) is 13.8. The number of carbonyl (C=O) groups excluding carboxylic acids is 2. The number of ether oxygens (including phenoxy) is 1. The second-order valence-electron chi connectivity index (χ2n) is 6.00. The molecule has 22 heavy (non-hydrogen) atoms. The molecule has 0 amide bonds. The summed E-state index contributed by atoms with van der Waals surface area (Å²) in [5.41, 5.74) is 6.47. The van der Waals surface area contributed by atoms with Crippen molar-refractivity contribution in [2.45, 2.75) is 25.0 Å². The van der Waals surface area contributed by atoms with E-state index in [0.717, 1.165) is 0 Å². The Bertz CT molecular complexity index is 473. The van der Waals surface area contributed by atoms with Crippen molar-refractivity contribution in [1.82, 2.24) is 9.97 Å². The number of nitrogens with one attached hydrogen (secondary N) is 1. The highest BCUT2D eigenvalue weighted by Crippen LogP contribution is 2.07. The second kappa shape index (κ2) is 8.72. The number of esters is 1. The number of carboxylic acids is 1. The van der Waals surface area contributed by atoms with Crippen LogP contribution in [-0.4, -0.2) is 66.2 Å². The summed E-state index contributed by atoms with van der Waals surface area (Å²) >= 11 is 0. The number of aromatic nitrogens is 2. The molecule has 0 aliphatic heterocycles. The van der Waals surface area contributed by atoms with Gasteiger partial charge in [-0.05, 0) is 0 Å². The maximum atomic E-state index is 11.9. The van der Waals surface area contributed by atoms with Crippen LogP contribution in [0.2, 0.25) is 0 Å². The lowest BCUT2D eigenvalue weighted by atomic mass is 10.1. The van der Waals surface area contributed by atoms with Crippen LogP contribution in [-0.2, 0) is 20.7 Å². The lowest BCUT2D eigenvalue weighted by molar-refractivity contribution is -0.873. The fourth-order valence-corrected chi connectivity index (χ4v) is 1.91. The minimum absolute atomic E-state index is 0. The second-order valence-corrected chi connectivity index (χ2v) is 6.00. The number of halogens is 1. The summed E-state index contributed by atoms with van der Waals surface area (Å²) in [5, 5.41) is 10.7. The van der Waals surface area contributed by atoms with E-state index >= 15 is 0 Å². The average molecular weight is 335 g/mol. The van der Waals surface area contributed by atoms with Crippen LogP contribution < -0.4 is 10.8 Å². The van der Waals surface area contributed by atoms with Crippen molar-refractivity contribution in [1.29, 1.82) is 0 Å². The number of nitrogens with zero attached hydrogens (tertiary/aromatic N) is 2. The Kier molecular flexibility index (Phi) is 8.07. The van der Waals surface area contributed by atoms with Crippen LogP contribution in [0.3, 0.4) is 0 Å². The number of carbonyl (C=O) groups is 2. The summed E-state index contributed by atoms with van der Waals surface area (Å²) in [4.78, 5) is 29.4. The van der Waals surface area contributed by atoms with E-state index in [9.17, 15) is 14.7 Å². The number of likely N-dealkylation sites (N-methyl/N-ethyl adjacent to an activating group) is 1. The monoisotopic (exact) mass is 334 g/mol. The molecule has 1 heterocycles. The molecule has 126 valence electrons. The van der Waals surface area contributed by atoms with Gasteiger partial charge in [-0.3, -0.25) is 4.79 Å². The number of aromatic amines is 1. The summed E-state index contributed by atoms with van der Waals surface area (Å²) in [7, 11) is 5.63. The van der Waals surface area contributed by atoms with E-state index in [2.05, 4.69) is 9.97 Å². The van der Waals surface area contributed by atoms with Crippen molar-refractivity contribution < 1.29 is 23.9 Å². The average Bonchev–Trinajstić information content (AvgIpc) is 2.78. The maximum Gasteiger partial charge on any atom is 0.323 e. The van der Waals surface area contributed by atoms with Gasteiger partial charge in [0.15, 0.2) is 6.10 Å². The number of H-pyrrole nitrogens is 1. The van der Waals surface area contributed by atoms with E-state index in [0.29, 0.717) is 16.7 Å². The molecule has 2 atom stereocenters. The Morgan fingerprint density at radius 1 is 1.45 bits per heavy atom. The Morgan fingerprint density at radius 2 is 2.09 bits per heavy atom. The number of quaternary nitrogens is 1. The Balaban J connectivity index is 0.00000441. The highest BCUT2D eigenvalue weighted by atomic mass is 35.5. The molecule has 0 saturated heterocycles. The molecule has 1 aromatic heterocycles. The first-order chi connectivity index (χ1) is 9.67. The molecule has 0 unspecified atom stereocenters. The van der Waals surface area contributed by atoms with E-state index in [-0.39, 0.29) is 25.2 Å². The summed E-state index contributed by atoms with van der Waals surface area (Å²) < 4.78 is 5.67. The number of aliphatic carboxylic acids is 1. The molecule has 8 nitrogen and oxygen atoms in total. The Labute approximate surface area is 135 Å². The summed E-state index contributed by atoms with van der Waals surface area (Å²) in [6, 6.07) is -0.873. The normalized spacial score (nSPS) is 13.8. The molecule has 0 radical (unpaired) electrons. The van der Waals surface area contributed by atoms with Crippen molar-refractivity contribution in [2.24, 2.45) is 5.73 Å². The molecular weight excluding hydrogens is 312 g/mol. The highest BCUT2D eigenvalue weighted by Gasteiger charge is 2.25. The minimum Gasteiger partial charge on any atom is -0.550 e.